The number of aryl methyl sites for hydroxylation is 1. The topological polar surface area (TPSA) is 58.4 Å². The number of nitrogens with zero attached hydrogens (tertiary/aromatic N) is 2. The van der Waals surface area contributed by atoms with Gasteiger partial charge in [-0.05, 0) is 55.8 Å². The molecule has 3 rings (SSSR count). The highest BCUT2D eigenvalue weighted by molar-refractivity contribution is 5.92. The first-order valence-electron chi connectivity index (χ1n) is 9.33. The van der Waals surface area contributed by atoms with E-state index in [9.17, 15) is 9.18 Å². The second kappa shape index (κ2) is 9.28. The average molecular weight is 381 g/mol. The predicted octanol–water partition coefficient (Wildman–Crippen LogP) is 4.64. The van der Waals surface area contributed by atoms with Gasteiger partial charge in [-0.25, -0.2) is 9.37 Å². The fraction of sp³-hybridized carbons (Fsp3) is 0.273. The molecule has 1 heterocycles. The maximum Gasteiger partial charge on any atom is 0.238 e. The van der Waals surface area contributed by atoms with Crippen LogP contribution >= 0.6 is 0 Å². The van der Waals surface area contributed by atoms with E-state index in [1.165, 1.54) is 12.1 Å². The quantitative estimate of drug-likeness (QED) is 0.618. The number of rotatable bonds is 8. The second-order valence-electron chi connectivity index (χ2n) is 6.72. The molecule has 5 nitrogen and oxygen atoms in total. The Balaban J connectivity index is 1.63. The summed E-state index contributed by atoms with van der Waals surface area (Å²) in [5.41, 5.74) is 3.30. The van der Waals surface area contributed by atoms with E-state index in [4.69, 9.17) is 4.42 Å². The largest absolute Gasteiger partial charge is 0.444 e. The third-order valence-electron chi connectivity index (χ3n) is 4.35. The minimum atomic E-state index is -0.302. The summed E-state index contributed by atoms with van der Waals surface area (Å²) in [6, 6.07) is 13.7. The zero-order valence-electron chi connectivity index (χ0n) is 16.1. The molecule has 0 aliphatic carbocycles. The van der Waals surface area contributed by atoms with Crippen LogP contribution in [0, 0.1) is 12.7 Å². The molecule has 0 unspecified atom stereocenters. The van der Waals surface area contributed by atoms with Crippen LogP contribution in [0.4, 0.5) is 10.1 Å². The summed E-state index contributed by atoms with van der Waals surface area (Å²) in [4.78, 5) is 19.0. The van der Waals surface area contributed by atoms with Crippen LogP contribution < -0.4 is 5.32 Å². The average Bonchev–Trinajstić information content (AvgIpc) is 3.13. The Kier molecular flexibility index (Phi) is 6.55. The summed E-state index contributed by atoms with van der Waals surface area (Å²) < 4.78 is 18.6. The fourth-order valence-electron chi connectivity index (χ4n) is 2.97. The zero-order valence-corrected chi connectivity index (χ0v) is 16.1. The molecule has 6 heteroatoms. The van der Waals surface area contributed by atoms with E-state index in [1.54, 1.807) is 18.4 Å². The Morgan fingerprint density at radius 2 is 1.93 bits per heavy atom. The highest BCUT2D eigenvalue weighted by Crippen LogP contribution is 2.20. The maximum absolute atomic E-state index is 13.1. The van der Waals surface area contributed by atoms with Crippen molar-refractivity contribution in [1.82, 2.24) is 9.88 Å². The summed E-state index contributed by atoms with van der Waals surface area (Å²) in [5.74, 6) is 0.0742. The van der Waals surface area contributed by atoms with Crippen LogP contribution in [0.3, 0.4) is 0 Å². The highest BCUT2D eigenvalue weighted by atomic mass is 19.1. The van der Waals surface area contributed by atoms with E-state index in [0.29, 0.717) is 18.0 Å². The van der Waals surface area contributed by atoms with E-state index >= 15 is 0 Å². The minimum Gasteiger partial charge on any atom is -0.444 e. The fourth-order valence-corrected chi connectivity index (χ4v) is 2.97. The van der Waals surface area contributed by atoms with Gasteiger partial charge in [0.25, 0.3) is 0 Å². The first-order valence-corrected chi connectivity index (χ1v) is 9.33. The molecule has 1 amide bonds. The number of amides is 1. The first-order chi connectivity index (χ1) is 13.5. The number of benzene rings is 2. The summed E-state index contributed by atoms with van der Waals surface area (Å²) in [6.45, 7) is 5.56. The molecule has 2 aromatic carbocycles. The Bertz CT molecular complexity index is 922. The highest BCUT2D eigenvalue weighted by Gasteiger charge is 2.15. The van der Waals surface area contributed by atoms with E-state index in [1.807, 2.05) is 36.1 Å². The number of halogens is 1. The maximum atomic E-state index is 13.1. The molecule has 0 fully saturated rings. The van der Waals surface area contributed by atoms with Gasteiger partial charge in [0.2, 0.25) is 11.8 Å². The normalized spacial score (nSPS) is 11.0. The third-order valence-corrected chi connectivity index (χ3v) is 4.35. The summed E-state index contributed by atoms with van der Waals surface area (Å²) in [6.07, 6.45) is 2.50. The molecular weight excluding hydrogens is 357 g/mol. The lowest BCUT2D eigenvalue weighted by molar-refractivity contribution is -0.117. The van der Waals surface area contributed by atoms with Crippen molar-refractivity contribution >= 4 is 11.6 Å². The summed E-state index contributed by atoms with van der Waals surface area (Å²) in [7, 11) is 0. The second-order valence-corrected chi connectivity index (χ2v) is 6.72. The summed E-state index contributed by atoms with van der Waals surface area (Å²) in [5, 5.41) is 2.96. The molecule has 0 aliphatic heterocycles. The molecule has 0 spiro atoms. The van der Waals surface area contributed by atoms with Crippen molar-refractivity contribution in [2.45, 2.75) is 26.8 Å². The Morgan fingerprint density at radius 3 is 2.64 bits per heavy atom. The van der Waals surface area contributed by atoms with Crippen LogP contribution in [0.5, 0.6) is 0 Å². The van der Waals surface area contributed by atoms with Gasteiger partial charge in [-0.1, -0.05) is 25.1 Å². The number of carbonyl (C=O) groups is 1. The van der Waals surface area contributed by atoms with Crippen molar-refractivity contribution in [1.29, 1.82) is 0 Å². The molecule has 146 valence electrons. The molecule has 1 N–H and O–H groups in total. The van der Waals surface area contributed by atoms with Gasteiger partial charge in [-0.2, -0.15) is 0 Å². The Hall–Kier alpha value is -2.99. The van der Waals surface area contributed by atoms with Crippen molar-refractivity contribution in [2.75, 3.05) is 18.4 Å². The number of aromatic nitrogens is 1. The van der Waals surface area contributed by atoms with Gasteiger partial charge in [0, 0.05) is 17.8 Å². The number of hydrogen-bond donors (Lipinski definition) is 1. The molecule has 28 heavy (non-hydrogen) atoms. The molecule has 0 bridgehead atoms. The monoisotopic (exact) mass is 381 g/mol. The van der Waals surface area contributed by atoms with Gasteiger partial charge < -0.3 is 9.73 Å². The van der Waals surface area contributed by atoms with Crippen LogP contribution in [0.2, 0.25) is 0 Å². The first kappa shape index (κ1) is 19.8. The van der Waals surface area contributed by atoms with Crippen LogP contribution in [0.15, 0.2) is 59.2 Å². The van der Waals surface area contributed by atoms with Crippen molar-refractivity contribution in [3.05, 3.63) is 71.9 Å². The Labute approximate surface area is 164 Å². The predicted molar refractivity (Wildman–Crippen MR) is 107 cm³/mol. The molecule has 0 atom stereocenters. The van der Waals surface area contributed by atoms with Crippen molar-refractivity contribution in [3.63, 3.8) is 0 Å². The molecule has 3 aromatic rings. The third kappa shape index (κ3) is 5.27. The molecule has 0 saturated heterocycles. The number of carbonyl (C=O) groups excluding carboxylic acids is 1. The SMILES string of the molecule is CCCN(CC(=O)Nc1ccccc1C)Cc1coc(-c2ccc(F)cc2)n1. The Morgan fingerprint density at radius 1 is 1.18 bits per heavy atom. The van der Waals surface area contributed by atoms with Crippen molar-refractivity contribution in [2.24, 2.45) is 0 Å². The van der Waals surface area contributed by atoms with Crippen molar-refractivity contribution in [3.8, 4) is 11.5 Å². The van der Waals surface area contributed by atoms with Crippen LogP contribution in [-0.2, 0) is 11.3 Å². The van der Waals surface area contributed by atoms with Gasteiger partial charge in [0.15, 0.2) is 0 Å². The van der Waals surface area contributed by atoms with Gasteiger partial charge in [0.05, 0.1) is 12.2 Å². The molecular formula is C22H24FN3O2. The molecule has 0 radical (unpaired) electrons. The van der Waals surface area contributed by atoms with E-state index < -0.39 is 0 Å². The smallest absolute Gasteiger partial charge is 0.238 e. The lowest BCUT2D eigenvalue weighted by Crippen LogP contribution is -2.33. The van der Waals surface area contributed by atoms with Crippen LogP contribution in [0.1, 0.15) is 24.6 Å². The number of oxazole rings is 1. The van der Waals surface area contributed by atoms with Crippen molar-refractivity contribution < 1.29 is 13.6 Å². The molecule has 0 aliphatic rings. The summed E-state index contributed by atoms with van der Waals surface area (Å²) >= 11 is 0. The van der Waals surface area contributed by atoms with Crippen LogP contribution in [-0.4, -0.2) is 28.9 Å². The number of anilines is 1. The zero-order chi connectivity index (χ0) is 19.9. The van der Waals surface area contributed by atoms with E-state index in [0.717, 1.165) is 29.9 Å². The number of nitrogens with one attached hydrogen (secondary N) is 1. The van der Waals surface area contributed by atoms with Gasteiger partial charge in [0.1, 0.15) is 12.1 Å². The van der Waals surface area contributed by atoms with Gasteiger partial charge in [-0.3, -0.25) is 9.69 Å². The molecule has 0 saturated carbocycles. The number of hydrogen-bond acceptors (Lipinski definition) is 4. The molecule has 1 aromatic heterocycles. The van der Waals surface area contributed by atoms with Gasteiger partial charge >= 0.3 is 0 Å². The van der Waals surface area contributed by atoms with Gasteiger partial charge in [-0.15, -0.1) is 0 Å². The number of para-hydroxylation sites is 1. The lowest BCUT2D eigenvalue weighted by Gasteiger charge is -2.20. The van der Waals surface area contributed by atoms with E-state index in [2.05, 4.69) is 17.2 Å². The standard InChI is InChI=1S/C22H24FN3O2/c1-3-12-26(14-21(27)25-20-7-5-4-6-16(20)2)13-19-15-28-22(24-19)17-8-10-18(23)11-9-17/h4-11,15H,3,12-14H2,1-2H3,(H,25,27). The van der Waals surface area contributed by atoms with Crippen LogP contribution in [0.25, 0.3) is 11.5 Å². The lowest BCUT2D eigenvalue weighted by atomic mass is 10.2. The van der Waals surface area contributed by atoms with E-state index in [-0.39, 0.29) is 18.3 Å². The minimum absolute atomic E-state index is 0.0648.